The summed E-state index contributed by atoms with van der Waals surface area (Å²) in [4.78, 5) is 12.9. The van der Waals surface area contributed by atoms with Gasteiger partial charge in [-0.05, 0) is 92.3 Å². The number of aliphatic hydroxyl groups excluding tert-OH is 1. The van der Waals surface area contributed by atoms with Gasteiger partial charge in [0.15, 0.2) is 0 Å². The molecule has 3 heteroatoms. The Morgan fingerprint density at radius 2 is 1.61 bits per heavy atom. The van der Waals surface area contributed by atoms with Crippen LogP contribution in [0, 0.1) is 46.3 Å². The minimum absolute atomic E-state index is 0.102. The first-order valence-corrected chi connectivity index (χ1v) is 13.3. The molecule has 0 aromatic carbocycles. The van der Waals surface area contributed by atoms with Crippen LogP contribution in [0.25, 0.3) is 0 Å². The molecule has 0 amide bonds. The lowest BCUT2D eigenvalue weighted by atomic mass is 9.40. The van der Waals surface area contributed by atoms with Gasteiger partial charge in [0.05, 0.1) is 6.10 Å². The molecule has 4 saturated carbocycles. The normalized spacial score (nSPS) is 53.3. The highest BCUT2D eigenvalue weighted by molar-refractivity contribution is 5.23. The maximum atomic E-state index is 10.4. The van der Waals surface area contributed by atoms with Crippen LogP contribution in [0.3, 0.4) is 0 Å². The molecule has 176 valence electrons. The molecular weight excluding hydrogens is 384 g/mol. The molecule has 3 nitrogen and oxygen atoms in total. The zero-order valence-corrected chi connectivity index (χ0v) is 20.8. The predicted molar refractivity (Wildman–Crippen MR) is 124 cm³/mol. The smallest absolute Gasteiger partial charge is 0.112 e. The number of hydrogen-bond acceptors (Lipinski definition) is 3. The van der Waals surface area contributed by atoms with Gasteiger partial charge in [0.1, 0.15) is 11.2 Å². The molecule has 6 fully saturated rings. The van der Waals surface area contributed by atoms with E-state index in [4.69, 9.17) is 9.78 Å². The van der Waals surface area contributed by atoms with E-state index >= 15 is 0 Å². The summed E-state index contributed by atoms with van der Waals surface area (Å²) in [6.45, 7) is 14.5. The number of allylic oxidation sites excluding steroid dienone is 2. The summed E-state index contributed by atoms with van der Waals surface area (Å²) in [5.41, 5.74) is 0.133. The fraction of sp³-hybridized carbons (Fsp3) is 0.929. The molecule has 0 unspecified atom stereocenters. The number of aliphatic hydroxyl groups is 1. The predicted octanol–water partition coefficient (Wildman–Crippen LogP) is 6.70. The van der Waals surface area contributed by atoms with Crippen molar-refractivity contribution in [2.45, 2.75) is 117 Å². The Balaban J connectivity index is 1.42. The molecular formula is C28H46O3. The van der Waals surface area contributed by atoms with Gasteiger partial charge in [-0.15, -0.1) is 0 Å². The average Bonchev–Trinajstić information content (AvgIpc) is 3.09. The Morgan fingerprint density at radius 3 is 2.29 bits per heavy atom. The van der Waals surface area contributed by atoms with Crippen molar-refractivity contribution in [3.63, 3.8) is 0 Å². The Labute approximate surface area is 190 Å². The van der Waals surface area contributed by atoms with Gasteiger partial charge in [0.2, 0.25) is 0 Å². The zero-order chi connectivity index (χ0) is 22.2. The van der Waals surface area contributed by atoms with E-state index in [-0.39, 0.29) is 22.7 Å². The highest BCUT2D eigenvalue weighted by Crippen LogP contribution is 2.74. The minimum Gasteiger partial charge on any atom is -0.393 e. The van der Waals surface area contributed by atoms with Crippen molar-refractivity contribution in [3.8, 4) is 0 Å². The summed E-state index contributed by atoms with van der Waals surface area (Å²) >= 11 is 0. The summed E-state index contributed by atoms with van der Waals surface area (Å²) in [6.07, 6.45) is 14.9. The third-order valence-electron chi connectivity index (χ3n) is 11.6. The molecule has 0 radical (unpaired) electrons. The van der Waals surface area contributed by atoms with Crippen molar-refractivity contribution in [1.82, 2.24) is 0 Å². The second-order valence-electron chi connectivity index (χ2n) is 13.1. The molecule has 2 bridgehead atoms. The van der Waals surface area contributed by atoms with Gasteiger partial charge in [-0.3, -0.25) is 0 Å². The van der Waals surface area contributed by atoms with E-state index in [2.05, 4.69) is 53.7 Å². The molecule has 6 rings (SSSR count). The van der Waals surface area contributed by atoms with Crippen molar-refractivity contribution in [2.75, 3.05) is 0 Å². The van der Waals surface area contributed by atoms with Crippen LogP contribution in [0.4, 0.5) is 0 Å². The Hall–Kier alpha value is -0.380. The lowest BCUT2D eigenvalue weighted by Gasteiger charge is -2.72. The van der Waals surface area contributed by atoms with Crippen LogP contribution in [0.2, 0.25) is 0 Å². The van der Waals surface area contributed by atoms with Crippen molar-refractivity contribution >= 4 is 0 Å². The van der Waals surface area contributed by atoms with Crippen LogP contribution in [0.5, 0.6) is 0 Å². The molecule has 0 aromatic heterocycles. The van der Waals surface area contributed by atoms with E-state index in [0.717, 1.165) is 38.0 Å². The number of rotatable bonds is 4. The summed E-state index contributed by atoms with van der Waals surface area (Å²) in [5, 5.41) is 10.4. The van der Waals surface area contributed by atoms with Gasteiger partial charge in [-0.2, -0.15) is 0 Å². The summed E-state index contributed by atoms with van der Waals surface area (Å²) < 4.78 is 0. The molecule has 1 N–H and O–H groups in total. The SMILES string of the molecule is CC(C)[C@@H](C)/C=C/[C@@H](C)[C@@H]1CC[C@@H]2[C@]1(C)CC[C@H]1[C@]23CC[C@]2(C[C@@H](O)CC[C@@]12C)OO3. The summed E-state index contributed by atoms with van der Waals surface area (Å²) in [5.74, 6) is 3.89. The fourth-order valence-corrected chi connectivity index (χ4v) is 9.32. The highest BCUT2D eigenvalue weighted by atomic mass is 17.2. The number of fused-ring (bicyclic) bond motifs is 3. The topological polar surface area (TPSA) is 38.7 Å². The minimum atomic E-state index is -0.258. The van der Waals surface area contributed by atoms with Gasteiger partial charge in [0.25, 0.3) is 0 Å². The molecule has 2 aliphatic heterocycles. The van der Waals surface area contributed by atoms with Crippen molar-refractivity contribution < 1.29 is 14.9 Å². The first-order chi connectivity index (χ1) is 14.6. The third-order valence-corrected chi connectivity index (χ3v) is 11.6. The van der Waals surface area contributed by atoms with Crippen LogP contribution in [0.1, 0.15) is 99.3 Å². The van der Waals surface area contributed by atoms with Crippen LogP contribution >= 0.6 is 0 Å². The van der Waals surface area contributed by atoms with E-state index in [1.54, 1.807) is 0 Å². The molecule has 2 heterocycles. The molecule has 2 spiro atoms. The van der Waals surface area contributed by atoms with Gasteiger partial charge in [-0.1, -0.05) is 53.7 Å². The summed E-state index contributed by atoms with van der Waals surface area (Å²) in [6, 6.07) is 0. The zero-order valence-electron chi connectivity index (χ0n) is 20.8. The van der Waals surface area contributed by atoms with Crippen molar-refractivity contribution in [2.24, 2.45) is 46.3 Å². The maximum Gasteiger partial charge on any atom is 0.112 e. The molecule has 31 heavy (non-hydrogen) atoms. The second-order valence-corrected chi connectivity index (χ2v) is 13.1. The molecule has 2 saturated heterocycles. The van der Waals surface area contributed by atoms with E-state index in [0.29, 0.717) is 35.0 Å². The van der Waals surface area contributed by atoms with Gasteiger partial charge < -0.3 is 5.11 Å². The molecule has 6 aliphatic rings. The molecule has 0 aromatic rings. The maximum absolute atomic E-state index is 10.4. The van der Waals surface area contributed by atoms with E-state index in [1.807, 2.05) is 0 Å². The van der Waals surface area contributed by atoms with E-state index in [1.165, 1.54) is 25.7 Å². The van der Waals surface area contributed by atoms with Gasteiger partial charge in [0, 0.05) is 11.8 Å². The van der Waals surface area contributed by atoms with Gasteiger partial charge >= 0.3 is 0 Å². The van der Waals surface area contributed by atoms with Crippen LogP contribution in [0.15, 0.2) is 12.2 Å². The highest BCUT2D eigenvalue weighted by Gasteiger charge is 2.75. The van der Waals surface area contributed by atoms with Crippen LogP contribution < -0.4 is 0 Å². The largest absolute Gasteiger partial charge is 0.393 e. The standard InChI is InChI=1S/C28H46O3/c1-18(2)19(3)7-8-20(4)22-9-10-23-25(22,5)13-12-24-26(6)14-11-21(29)17-27(26)15-16-28(23,24)31-30-27/h7-8,18-24,29H,9-17H2,1-6H3/b8-7+/t19-,20+,21-,22-,23+,24+,25+,26-,27+,28-/m0/s1. The lowest BCUT2D eigenvalue weighted by Crippen LogP contribution is -2.75. The van der Waals surface area contributed by atoms with Crippen LogP contribution in [-0.2, 0) is 9.78 Å². The first-order valence-electron chi connectivity index (χ1n) is 13.3. The Kier molecular flexibility index (Phi) is 5.28. The van der Waals surface area contributed by atoms with Gasteiger partial charge in [-0.25, -0.2) is 9.78 Å². The quantitative estimate of drug-likeness (QED) is 0.398. The van der Waals surface area contributed by atoms with Crippen molar-refractivity contribution in [3.05, 3.63) is 12.2 Å². The second kappa shape index (κ2) is 7.31. The first kappa shape index (κ1) is 22.4. The van der Waals surface area contributed by atoms with Crippen LogP contribution in [-0.4, -0.2) is 22.4 Å². The van der Waals surface area contributed by atoms with E-state index < -0.39 is 0 Å². The monoisotopic (exact) mass is 430 g/mol. The lowest BCUT2D eigenvalue weighted by molar-refractivity contribution is -0.536. The summed E-state index contributed by atoms with van der Waals surface area (Å²) in [7, 11) is 0. The molecule has 10 atom stereocenters. The average molecular weight is 431 g/mol. The Bertz CT molecular complexity index is 720. The fourth-order valence-electron chi connectivity index (χ4n) is 9.32. The van der Waals surface area contributed by atoms with Crippen molar-refractivity contribution in [1.29, 1.82) is 0 Å². The van der Waals surface area contributed by atoms with E-state index in [9.17, 15) is 5.11 Å². The molecule has 4 aliphatic carbocycles. The number of hydrogen-bond donors (Lipinski definition) is 1. The Morgan fingerprint density at radius 1 is 0.839 bits per heavy atom. The third kappa shape index (κ3) is 2.94.